The van der Waals surface area contributed by atoms with Crippen LogP contribution in [0.25, 0.3) is 0 Å². The minimum absolute atomic E-state index is 0.0524. The molecule has 1 fully saturated rings. The summed E-state index contributed by atoms with van der Waals surface area (Å²) in [6.45, 7) is 5.77. The summed E-state index contributed by atoms with van der Waals surface area (Å²) in [5, 5.41) is 5.02. The van der Waals surface area contributed by atoms with Gasteiger partial charge in [0.1, 0.15) is 12.6 Å². The molecule has 5 nitrogen and oxygen atoms in total. The Bertz CT molecular complexity index is 714. The molecule has 1 unspecified atom stereocenters. The van der Waals surface area contributed by atoms with E-state index in [1.807, 2.05) is 49.1 Å². The molecule has 0 saturated carbocycles. The first-order chi connectivity index (χ1) is 11.0. The van der Waals surface area contributed by atoms with Crippen molar-refractivity contribution in [2.24, 2.45) is 0 Å². The molecule has 1 aromatic carbocycles. The minimum Gasteiger partial charge on any atom is -0.370 e. The molecule has 0 aliphatic carbocycles. The molecule has 3 rings (SSSR count). The van der Waals surface area contributed by atoms with Crippen LogP contribution in [-0.4, -0.2) is 40.3 Å². The fraction of sp³-hybridized carbons (Fsp3) is 0.412. The lowest BCUT2D eigenvalue weighted by molar-refractivity contribution is -0.139. The lowest BCUT2D eigenvalue weighted by Crippen LogP contribution is -2.43. The molecule has 23 heavy (non-hydrogen) atoms. The van der Waals surface area contributed by atoms with E-state index in [9.17, 15) is 4.79 Å². The Morgan fingerprint density at radius 1 is 1.39 bits per heavy atom. The number of aryl methyl sites for hydroxylation is 2. The standard InChI is InChI=1S/C17H20ClN3O2/c1-12-9-13(2)21(19-12)11-17(22)20-7-8-23-16(10-20)14-5-3-4-6-15(14)18/h3-6,9,16H,7-8,10-11H2,1-2H3. The summed E-state index contributed by atoms with van der Waals surface area (Å²) in [5.41, 5.74) is 2.84. The van der Waals surface area contributed by atoms with E-state index in [4.69, 9.17) is 16.3 Å². The maximum absolute atomic E-state index is 12.6. The third kappa shape index (κ3) is 3.57. The Morgan fingerprint density at radius 3 is 2.87 bits per heavy atom. The Kier molecular flexibility index (Phi) is 4.68. The van der Waals surface area contributed by atoms with Gasteiger partial charge in [-0.1, -0.05) is 29.8 Å². The highest BCUT2D eigenvalue weighted by Crippen LogP contribution is 2.28. The molecular weight excluding hydrogens is 314 g/mol. The fourth-order valence-electron chi connectivity index (χ4n) is 2.86. The van der Waals surface area contributed by atoms with E-state index in [2.05, 4.69) is 5.10 Å². The van der Waals surface area contributed by atoms with Crippen LogP contribution < -0.4 is 0 Å². The SMILES string of the molecule is Cc1cc(C)n(CC(=O)N2CCOC(c3ccccc3Cl)C2)n1. The molecule has 1 atom stereocenters. The Labute approximate surface area is 140 Å². The highest BCUT2D eigenvalue weighted by Gasteiger charge is 2.27. The van der Waals surface area contributed by atoms with Crippen molar-refractivity contribution in [3.63, 3.8) is 0 Å². The summed E-state index contributed by atoms with van der Waals surface area (Å²) in [4.78, 5) is 14.4. The Balaban J connectivity index is 1.70. The van der Waals surface area contributed by atoms with Crippen molar-refractivity contribution in [1.29, 1.82) is 0 Å². The number of hydrogen-bond acceptors (Lipinski definition) is 3. The number of ether oxygens (including phenoxy) is 1. The molecule has 1 aliphatic heterocycles. The van der Waals surface area contributed by atoms with Gasteiger partial charge in [-0.25, -0.2) is 0 Å². The number of amides is 1. The molecule has 0 bridgehead atoms. The van der Waals surface area contributed by atoms with Crippen LogP contribution in [0.4, 0.5) is 0 Å². The van der Waals surface area contributed by atoms with Crippen molar-refractivity contribution < 1.29 is 9.53 Å². The van der Waals surface area contributed by atoms with E-state index in [0.29, 0.717) is 24.7 Å². The molecule has 1 amide bonds. The number of nitrogens with zero attached hydrogens (tertiary/aromatic N) is 3. The number of carbonyl (C=O) groups is 1. The van der Waals surface area contributed by atoms with Crippen LogP contribution in [0.15, 0.2) is 30.3 Å². The lowest BCUT2D eigenvalue weighted by Gasteiger charge is -2.33. The van der Waals surface area contributed by atoms with Gasteiger partial charge >= 0.3 is 0 Å². The van der Waals surface area contributed by atoms with Crippen molar-refractivity contribution >= 4 is 17.5 Å². The van der Waals surface area contributed by atoms with E-state index in [1.165, 1.54) is 0 Å². The summed E-state index contributed by atoms with van der Waals surface area (Å²) >= 11 is 6.24. The summed E-state index contributed by atoms with van der Waals surface area (Å²) in [5.74, 6) is 0.0524. The van der Waals surface area contributed by atoms with Crippen LogP contribution in [0.1, 0.15) is 23.1 Å². The second-order valence-corrected chi connectivity index (χ2v) is 6.21. The van der Waals surface area contributed by atoms with E-state index >= 15 is 0 Å². The van der Waals surface area contributed by atoms with E-state index < -0.39 is 0 Å². The van der Waals surface area contributed by atoms with Crippen molar-refractivity contribution in [1.82, 2.24) is 14.7 Å². The van der Waals surface area contributed by atoms with Gasteiger partial charge in [0, 0.05) is 22.8 Å². The van der Waals surface area contributed by atoms with Crippen molar-refractivity contribution in [3.05, 3.63) is 52.3 Å². The van der Waals surface area contributed by atoms with Gasteiger partial charge in [0.25, 0.3) is 0 Å². The number of aromatic nitrogens is 2. The van der Waals surface area contributed by atoms with Crippen LogP contribution in [0, 0.1) is 13.8 Å². The van der Waals surface area contributed by atoms with Crippen LogP contribution in [0.5, 0.6) is 0 Å². The van der Waals surface area contributed by atoms with Gasteiger partial charge in [-0.2, -0.15) is 5.10 Å². The predicted molar refractivity (Wildman–Crippen MR) is 88.4 cm³/mol. The van der Waals surface area contributed by atoms with Gasteiger partial charge in [-0.3, -0.25) is 9.48 Å². The molecule has 0 radical (unpaired) electrons. The van der Waals surface area contributed by atoms with E-state index in [1.54, 1.807) is 4.68 Å². The molecule has 1 saturated heterocycles. The van der Waals surface area contributed by atoms with E-state index in [0.717, 1.165) is 17.0 Å². The van der Waals surface area contributed by atoms with Crippen LogP contribution in [-0.2, 0) is 16.1 Å². The summed E-state index contributed by atoms with van der Waals surface area (Å²) in [6, 6.07) is 9.58. The van der Waals surface area contributed by atoms with Gasteiger partial charge in [0.05, 0.1) is 18.8 Å². The number of carbonyl (C=O) groups excluding carboxylic acids is 1. The maximum Gasteiger partial charge on any atom is 0.244 e. The first-order valence-electron chi connectivity index (χ1n) is 7.69. The molecule has 122 valence electrons. The smallest absolute Gasteiger partial charge is 0.244 e. The quantitative estimate of drug-likeness (QED) is 0.867. The normalized spacial score (nSPS) is 18.2. The maximum atomic E-state index is 12.6. The monoisotopic (exact) mass is 333 g/mol. The third-order valence-electron chi connectivity index (χ3n) is 4.06. The zero-order valence-electron chi connectivity index (χ0n) is 13.3. The largest absolute Gasteiger partial charge is 0.370 e. The summed E-state index contributed by atoms with van der Waals surface area (Å²) < 4.78 is 7.55. The van der Waals surface area contributed by atoms with E-state index in [-0.39, 0.29) is 18.6 Å². The number of halogens is 1. The highest BCUT2D eigenvalue weighted by molar-refractivity contribution is 6.31. The number of benzene rings is 1. The van der Waals surface area contributed by atoms with Crippen LogP contribution in [0.2, 0.25) is 5.02 Å². The third-order valence-corrected chi connectivity index (χ3v) is 4.40. The lowest BCUT2D eigenvalue weighted by atomic mass is 10.1. The van der Waals surface area contributed by atoms with Crippen LogP contribution in [0.3, 0.4) is 0 Å². The second kappa shape index (κ2) is 6.72. The van der Waals surface area contributed by atoms with Gasteiger partial charge in [-0.05, 0) is 26.0 Å². The van der Waals surface area contributed by atoms with Crippen molar-refractivity contribution in [2.75, 3.05) is 19.7 Å². The molecule has 2 heterocycles. The first-order valence-corrected chi connectivity index (χ1v) is 8.07. The molecule has 1 aromatic heterocycles. The summed E-state index contributed by atoms with van der Waals surface area (Å²) in [7, 11) is 0. The molecule has 2 aromatic rings. The molecule has 0 N–H and O–H groups in total. The minimum atomic E-state index is -0.179. The highest BCUT2D eigenvalue weighted by atomic mass is 35.5. The van der Waals surface area contributed by atoms with Crippen molar-refractivity contribution in [2.45, 2.75) is 26.5 Å². The molecule has 1 aliphatic rings. The average molecular weight is 334 g/mol. The van der Waals surface area contributed by atoms with Gasteiger partial charge in [-0.15, -0.1) is 0 Å². The Hall–Kier alpha value is -1.85. The average Bonchev–Trinajstić information content (AvgIpc) is 2.85. The molecule has 0 spiro atoms. The zero-order chi connectivity index (χ0) is 16.4. The second-order valence-electron chi connectivity index (χ2n) is 5.81. The molecular formula is C17H20ClN3O2. The zero-order valence-corrected chi connectivity index (χ0v) is 14.1. The number of rotatable bonds is 3. The summed E-state index contributed by atoms with van der Waals surface area (Å²) in [6.07, 6.45) is -0.179. The van der Waals surface area contributed by atoms with Gasteiger partial charge < -0.3 is 9.64 Å². The van der Waals surface area contributed by atoms with Gasteiger partial charge in [0.15, 0.2) is 0 Å². The van der Waals surface area contributed by atoms with Crippen molar-refractivity contribution in [3.8, 4) is 0 Å². The first kappa shape index (κ1) is 16.0. The van der Waals surface area contributed by atoms with Gasteiger partial charge in [0.2, 0.25) is 5.91 Å². The number of morpholine rings is 1. The number of hydrogen-bond donors (Lipinski definition) is 0. The fourth-order valence-corrected chi connectivity index (χ4v) is 3.12. The van der Waals surface area contributed by atoms with Crippen LogP contribution >= 0.6 is 11.6 Å². The predicted octanol–water partition coefficient (Wildman–Crippen LogP) is 2.75. The Morgan fingerprint density at radius 2 is 2.17 bits per heavy atom. The molecule has 6 heteroatoms. The topological polar surface area (TPSA) is 47.4 Å².